The van der Waals surface area contributed by atoms with Gasteiger partial charge in [-0.1, -0.05) is 13.8 Å². The molecule has 29 heavy (non-hydrogen) atoms. The number of furan rings is 1. The van der Waals surface area contributed by atoms with E-state index in [1.807, 2.05) is 13.8 Å². The highest BCUT2D eigenvalue weighted by Crippen LogP contribution is 2.65. The van der Waals surface area contributed by atoms with Gasteiger partial charge in [0.2, 0.25) is 0 Å². The van der Waals surface area contributed by atoms with Gasteiger partial charge in [-0.15, -0.1) is 0 Å². The van der Waals surface area contributed by atoms with Gasteiger partial charge in [0.1, 0.15) is 12.2 Å². The minimum Gasteiger partial charge on any atom is -0.472 e. The molecule has 1 saturated heterocycles. The van der Waals surface area contributed by atoms with Crippen molar-refractivity contribution in [1.82, 2.24) is 0 Å². The molecule has 7 heteroatoms. The number of methoxy groups -OCH3 is 2. The van der Waals surface area contributed by atoms with E-state index in [9.17, 15) is 14.4 Å². The number of rotatable bonds is 3. The lowest BCUT2D eigenvalue weighted by atomic mass is 9.43. The third-order valence-electron chi connectivity index (χ3n) is 7.79. The van der Waals surface area contributed by atoms with Gasteiger partial charge >= 0.3 is 11.9 Å². The first kappa shape index (κ1) is 20.1. The number of fused-ring (bicyclic) bond motifs is 3. The van der Waals surface area contributed by atoms with E-state index in [1.165, 1.54) is 14.2 Å². The van der Waals surface area contributed by atoms with Gasteiger partial charge in [0, 0.05) is 18.6 Å². The van der Waals surface area contributed by atoms with E-state index in [2.05, 4.69) is 0 Å². The number of ketones is 1. The highest BCUT2D eigenvalue weighted by Gasteiger charge is 2.67. The van der Waals surface area contributed by atoms with Crippen molar-refractivity contribution in [3.8, 4) is 0 Å². The minimum absolute atomic E-state index is 0.0250. The molecule has 0 spiro atoms. The Morgan fingerprint density at radius 1 is 1.21 bits per heavy atom. The van der Waals surface area contributed by atoms with Crippen molar-refractivity contribution < 1.29 is 33.0 Å². The second-order valence-electron chi connectivity index (χ2n) is 9.16. The van der Waals surface area contributed by atoms with Crippen LogP contribution in [0.25, 0.3) is 0 Å². The summed E-state index contributed by atoms with van der Waals surface area (Å²) in [6.07, 6.45) is 3.94. The first-order valence-electron chi connectivity index (χ1n) is 10.1. The number of cyclic esters (lactones) is 1. The highest BCUT2D eigenvalue weighted by molar-refractivity contribution is 5.92. The molecule has 7 atom stereocenters. The lowest BCUT2D eigenvalue weighted by Gasteiger charge is -2.61. The van der Waals surface area contributed by atoms with Crippen molar-refractivity contribution >= 4 is 17.7 Å². The van der Waals surface area contributed by atoms with Gasteiger partial charge in [0.25, 0.3) is 0 Å². The molecule has 7 nitrogen and oxygen atoms in total. The Morgan fingerprint density at radius 3 is 2.59 bits per heavy atom. The summed E-state index contributed by atoms with van der Waals surface area (Å²) in [6.45, 7) is 3.99. The Morgan fingerprint density at radius 2 is 1.97 bits per heavy atom. The Kier molecular flexibility index (Phi) is 4.84. The summed E-state index contributed by atoms with van der Waals surface area (Å²) in [6, 6.07) is 1.78. The van der Waals surface area contributed by atoms with E-state index in [0.717, 1.165) is 5.56 Å². The number of carbonyl (C=O) groups excluding carboxylic acids is 3. The lowest BCUT2D eigenvalue weighted by molar-refractivity contribution is -0.208. The molecule has 158 valence electrons. The molecular weight excluding hydrogens is 376 g/mol. The summed E-state index contributed by atoms with van der Waals surface area (Å²) in [5.41, 5.74) is -0.463. The zero-order valence-corrected chi connectivity index (χ0v) is 17.3. The fourth-order valence-electron chi connectivity index (χ4n) is 6.37. The van der Waals surface area contributed by atoms with E-state index in [-0.39, 0.29) is 23.6 Å². The van der Waals surface area contributed by atoms with Crippen LogP contribution in [0.2, 0.25) is 0 Å². The van der Waals surface area contributed by atoms with Gasteiger partial charge in [-0.3, -0.25) is 14.4 Å². The van der Waals surface area contributed by atoms with Crippen LogP contribution in [0, 0.1) is 28.6 Å². The summed E-state index contributed by atoms with van der Waals surface area (Å²) in [5.74, 6) is -1.97. The molecular formula is C22H28O7. The topological polar surface area (TPSA) is 92.0 Å². The maximum Gasteiger partial charge on any atom is 0.310 e. The fourth-order valence-corrected chi connectivity index (χ4v) is 6.37. The maximum atomic E-state index is 13.6. The number of esters is 2. The molecule has 0 aromatic carbocycles. The maximum absolute atomic E-state index is 13.6. The van der Waals surface area contributed by atoms with Crippen LogP contribution in [0.15, 0.2) is 23.0 Å². The summed E-state index contributed by atoms with van der Waals surface area (Å²) in [5, 5.41) is 0. The molecule has 2 aliphatic carbocycles. The largest absolute Gasteiger partial charge is 0.472 e. The molecule has 3 fully saturated rings. The number of hydrogen-bond acceptors (Lipinski definition) is 7. The summed E-state index contributed by atoms with van der Waals surface area (Å²) < 4.78 is 21.5. The lowest BCUT2D eigenvalue weighted by Crippen LogP contribution is -2.64. The van der Waals surface area contributed by atoms with Crippen LogP contribution in [-0.4, -0.2) is 38.0 Å². The van der Waals surface area contributed by atoms with Crippen molar-refractivity contribution in [3.63, 3.8) is 0 Å². The molecule has 0 amide bonds. The first-order chi connectivity index (χ1) is 13.8. The molecule has 1 unspecified atom stereocenters. The molecule has 2 heterocycles. The quantitative estimate of drug-likeness (QED) is 0.715. The molecule has 0 bridgehead atoms. The van der Waals surface area contributed by atoms with Crippen LogP contribution < -0.4 is 0 Å². The van der Waals surface area contributed by atoms with E-state index in [4.69, 9.17) is 18.6 Å². The van der Waals surface area contributed by atoms with Crippen molar-refractivity contribution in [1.29, 1.82) is 0 Å². The molecule has 0 N–H and O–H groups in total. The second kappa shape index (κ2) is 6.97. The van der Waals surface area contributed by atoms with Crippen LogP contribution in [0.4, 0.5) is 0 Å². The Bertz CT molecular complexity index is 815. The molecule has 1 aliphatic heterocycles. The third-order valence-corrected chi connectivity index (χ3v) is 7.79. The van der Waals surface area contributed by atoms with Crippen LogP contribution in [0.5, 0.6) is 0 Å². The molecule has 3 aliphatic rings. The van der Waals surface area contributed by atoms with E-state index >= 15 is 0 Å². The van der Waals surface area contributed by atoms with Crippen LogP contribution in [0.3, 0.4) is 0 Å². The van der Waals surface area contributed by atoms with Crippen molar-refractivity contribution in [2.75, 3.05) is 14.2 Å². The molecule has 1 aromatic rings. The zero-order chi connectivity index (χ0) is 21.0. The van der Waals surface area contributed by atoms with Crippen LogP contribution in [0.1, 0.15) is 51.2 Å². The van der Waals surface area contributed by atoms with Crippen molar-refractivity contribution in [2.45, 2.75) is 51.7 Å². The average Bonchev–Trinajstić information content (AvgIpc) is 3.21. The number of carbonyl (C=O) groups is 3. The standard InChI is InChI=1S/C22H28O7/c1-21-7-5-13-20(25)29-16(12-6-8-28-11-12)10-22(13,2)18(21)17(23)15(26-3)9-14(21)19(24)27-4/h6,8,11,13-16,18H,5,7,9-10H2,1-4H3/t13-,14-,15+,16-,18?,21-,22-/m0/s1. The molecule has 2 saturated carbocycles. The Hall–Kier alpha value is -2.15. The Balaban J connectivity index is 1.79. The van der Waals surface area contributed by atoms with Gasteiger partial charge in [-0.25, -0.2) is 0 Å². The smallest absolute Gasteiger partial charge is 0.310 e. The second-order valence-corrected chi connectivity index (χ2v) is 9.16. The summed E-state index contributed by atoms with van der Waals surface area (Å²) in [4.78, 5) is 39.2. The fraction of sp³-hybridized carbons (Fsp3) is 0.682. The van der Waals surface area contributed by atoms with E-state index < -0.39 is 34.9 Å². The van der Waals surface area contributed by atoms with Crippen LogP contribution in [-0.2, 0) is 28.6 Å². The minimum atomic E-state index is -0.682. The normalized spacial score (nSPS) is 41.9. The van der Waals surface area contributed by atoms with Crippen LogP contribution >= 0.6 is 0 Å². The number of ether oxygens (including phenoxy) is 3. The van der Waals surface area contributed by atoms with E-state index in [0.29, 0.717) is 25.7 Å². The third kappa shape index (κ3) is 2.85. The molecule has 1 aromatic heterocycles. The van der Waals surface area contributed by atoms with Crippen molar-refractivity contribution in [3.05, 3.63) is 24.2 Å². The zero-order valence-electron chi connectivity index (χ0n) is 17.3. The summed E-state index contributed by atoms with van der Waals surface area (Å²) >= 11 is 0. The van der Waals surface area contributed by atoms with Gasteiger partial charge < -0.3 is 18.6 Å². The Labute approximate surface area is 170 Å². The number of hydrogen-bond donors (Lipinski definition) is 0. The van der Waals surface area contributed by atoms with Crippen molar-refractivity contribution in [2.24, 2.45) is 28.6 Å². The van der Waals surface area contributed by atoms with Gasteiger partial charge in [0.15, 0.2) is 5.78 Å². The van der Waals surface area contributed by atoms with Gasteiger partial charge in [-0.2, -0.15) is 0 Å². The highest BCUT2D eigenvalue weighted by atomic mass is 16.5. The monoisotopic (exact) mass is 404 g/mol. The first-order valence-corrected chi connectivity index (χ1v) is 10.1. The molecule has 0 radical (unpaired) electrons. The van der Waals surface area contributed by atoms with E-state index in [1.54, 1.807) is 18.6 Å². The number of Topliss-reactive ketones (excluding diaryl/α,β-unsaturated/α-hetero) is 1. The van der Waals surface area contributed by atoms with Gasteiger partial charge in [0.05, 0.1) is 31.5 Å². The predicted molar refractivity (Wildman–Crippen MR) is 101 cm³/mol. The summed E-state index contributed by atoms with van der Waals surface area (Å²) in [7, 11) is 2.87. The average molecular weight is 404 g/mol. The van der Waals surface area contributed by atoms with Gasteiger partial charge in [-0.05, 0) is 42.6 Å². The SMILES string of the molecule is COC(=O)[C@@H]1C[C@@H](OC)C(=O)C2[C@@]1(C)CC[C@H]1C(=O)O[C@H](c3ccoc3)C[C@]21C. The molecule has 4 rings (SSSR count). The predicted octanol–water partition coefficient (Wildman–Crippen LogP) is 3.08.